The van der Waals surface area contributed by atoms with E-state index in [0.717, 1.165) is 27.9 Å². The molecule has 0 saturated heterocycles. The highest BCUT2D eigenvalue weighted by Gasteiger charge is 2.16. The van der Waals surface area contributed by atoms with Crippen LogP contribution in [-0.2, 0) is 6.54 Å². The Hall–Kier alpha value is -1.94. The second kappa shape index (κ2) is 4.97. The molecule has 0 atom stereocenters. The van der Waals surface area contributed by atoms with Gasteiger partial charge in [0.05, 0.1) is 4.88 Å². The van der Waals surface area contributed by atoms with Gasteiger partial charge in [0.25, 0.3) is 0 Å². The van der Waals surface area contributed by atoms with E-state index >= 15 is 0 Å². The number of nitrogens with zero attached hydrogens (tertiary/aromatic N) is 2. The standard InChI is InChI=1S/C15H14N2OS/c1-2-9-17-12(7-8-16-17)15(18)14-10-11-5-3-4-6-13(11)19-14/h3-8,10H,2,9H2,1H3. The second-order valence-corrected chi connectivity index (χ2v) is 5.50. The van der Waals surface area contributed by atoms with Crippen LogP contribution in [0.1, 0.15) is 28.7 Å². The first-order chi connectivity index (χ1) is 9.29. The van der Waals surface area contributed by atoms with Gasteiger partial charge >= 0.3 is 0 Å². The number of thiophene rings is 1. The smallest absolute Gasteiger partial charge is 0.220 e. The Labute approximate surface area is 115 Å². The van der Waals surface area contributed by atoms with Crippen LogP contribution in [0.4, 0.5) is 0 Å². The lowest BCUT2D eigenvalue weighted by Crippen LogP contribution is -2.10. The van der Waals surface area contributed by atoms with Gasteiger partial charge in [-0.3, -0.25) is 9.48 Å². The topological polar surface area (TPSA) is 34.9 Å². The van der Waals surface area contributed by atoms with Crippen molar-refractivity contribution in [3.8, 4) is 0 Å². The summed E-state index contributed by atoms with van der Waals surface area (Å²) in [4.78, 5) is 13.3. The lowest BCUT2D eigenvalue weighted by molar-refractivity contribution is 0.103. The lowest BCUT2D eigenvalue weighted by atomic mass is 10.2. The van der Waals surface area contributed by atoms with E-state index < -0.39 is 0 Å². The second-order valence-electron chi connectivity index (χ2n) is 4.42. The van der Waals surface area contributed by atoms with E-state index in [1.807, 2.05) is 30.3 Å². The van der Waals surface area contributed by atoms with Crippen LogP contribution >= 0.6 is 11.3 Å². The van der Waals surface area contributed by atoms with Crippen LogP contribution in [0, 0.1) is 0 Å². The quantitative estimate of drug-likeness (QED) is 0.677. The molecule has 3 rings (SSSR count). The van der Waals surface area contributed by atoms with E-state index in [1.54, 1.807) is 16.9 Å². The van der Waals surface area contributed by atoms with E-state index in [1.165, 1.54) is 11.3 Å². The van der Waals surface area contributed by atoms with Crippen molar-refractivity contribution in [3.05, 3.63) is 53.2 Å². The van der Waals surface area contributed by atoms with Crippen molar-refractivity contribution in [2.75, 3.05) is 0 Å². The third kappa shape index (κ3) is 2.19. The Morgan fingerprint density at radius 3 is 2.95 bits per heavy atom. The van der Waals surface area contributed by atoms with Gasteiger partial charge in [-0.1, -0.05) is 25.1 Å². The highest BCUT2D eigenvalue weighted by molar-refractivity contribution is 7.21. The molecule has 0 spiro atoms. The average molecular weight is 270 g/mol. The first kappa shape index (κ1) is 12.1. The van der Waals surface area contributed by atoms with Gasteiger partial charge < -0.3 is 0 Å². The summed E-state index contributed by atoms with van der Waals surface area (Å²) in [6.45, 7) is 2.86. The minimum absolute atomic E-state index is 0.0622. The number of fused-ring (bicyclic) bond motifs is 1. The number of hydrogen-bond donors (Lipinski definition) is 0. The monoisotopic (exact) mass is 270 g/mol. The van der Waals surface area contributed by atoms with Crippen LogP contribution in [0.2, 0.25) is 0 Å². The van der Waals surface area contributed by atoms with Crippen LogP contribution in [0.3, 0.4) is 0 Å². The molecule has 3 aromatic rings. The molecule has 0 aliphatic rings. The highest BCUT2D eigenvalue weighted by atomic mass is 32.1. The molecule has 0 saturated carbocycles. The molecule has 3 nitrogen and oxygen atoms in total. The van der Waals surface area contributed by atoms with Gasteiger partial charge in [0.2, 0.25) is 5.78 Å². The number of rotatable bonds is 4. The number of aryl methyl sites for hydroxylation is 1. The van der Waals surface area contributed by atoms with Gasteiger partial charge in [0, 0.05) is 17.4 Å². The van der Waals surface area contributed by atoms with Gasteiger partial charge in [0.15, 0.2) is 0 Å². The van der Waals surface area contributed by atoms with E-state index in [9.17, 15) is 4.79 Å². The zero-order valence-corrected chi connectivity index (χ0v) is 11.5. The first-order valence-electron chi connectivity index (χ1n) is 6.34. The van der Waals surface area contributed by atoms with E-state index in [0.29, 0.717) is 5.69 Å². The normalized spacial score (nSPS) is 11.0. The largest absolute Gasteiger partial charge is 0.286 e. The fourth-order valence-corrected chi connectivity index (χ4v) is 3.15. The van der Waals surface area contributed by atoms with E-state index in [2.05, 4.69) is 12.0 Å². The molecule has 2 heterocycles. The van der Waals surface area contributed by atoms with Crippen LogP contribution < -0.4 is 0 Å². The number of carbonyl (C=O) groups excluding carboxylic acids is 1. The molecule has 1 aromatic carbocycles. The van der Waals surface area contributed by atoms with Crippen molar-refractivity contribution in [1.29, 1.82) is 0 Å². The fourth-order valence-electron chi connectivity index (χ4n) is 2.14. The van der Waals surface area contributed by atoms with Gasteiger partial charge in [-0.15, -0.1) is 11.3 Å². The summed E-state index contributed by atoms with van der Waals surface area (Å²) in [5.74, 6) is 0.0622. The molecule has 96 valence electrons. The SMILES string of the molecule is CCCn1nccc1C(=O)c1cc2ccccc2s1. The van der Waals surface area contributed by atoms with Crippen molar-refractivity contribution >= 4 is 27.2 Å². The molecular weight excluding hydrogens is 256 g/mol. The van der Waals surface area contributed by atoms with E-state index in [4.69, 9.17) is 0 Å². The fraction of sp³-hybridized carbons (Fsp3) is 0.200. The summed E-state index contributed by atoms with van der Waals surface area (Å²) in [7, 11) is 0. The molecule has 4 heteroatoms. The van der Waals surface area contributed by atoms with Crippen molar-refractivity contribution in [2.45, 2.75) is 19.9 Å². The van der Waals surface area contributed by atoms with Crippen LogP contribution in [0.25, 0.3) is 10.1 Å². The first-order valence-corrected chi connectivity index (χ1v) is 7.16. The van der Waals surface area contributed by atoms with Crippen LogP contribution in [0.15, 0.2) is 42.6 Å². The maximum Gasteiger partial charge on any atom is 0.220 e. The Kier molecular flexibility index (Phi) is 3.17. The van der Waals surface area contributed by atoms with Gasteiger partial charge in [-0.05, 0) is 30.0 Å². The van der Waals surface area contributed by atoms with Gasteiger partial charge in [-0.2, -0.15) is 5.10 Å². The number of hydrogen-bond acceptors (Lipinski definition) is 3. The predicted octanol–water partition coefficient (Wildman–Crippen LogP) is 3.74. The maximum absolute atomic E-state index is 12.5. The van der Waals surface area contributed by atoms with Crippen LogP contribution in [0.5, 0.6) is 0 Å². The Balaban J connectivity index is 2.01. The Bertz CT molecular complexity index is 693. The molecule has 0 amide bonds. The molecule has 0 aliphatic heterocycles. The molecule has 0 N–H and O–H groups in total. The highest BCUT2D eigenvalue weighted by Crippen LogP contribution is 2.27. The van der Waals surface area contributed by atoms with Gasteiger partial charge in [0.1, 0.15) is 5.69 Å². The maximum atomic E-state index is 12.5. The molecular formula is C15H14N2OS. The molecule has 19 heavy (non-hydrogen) atoms. The van der Waals surface area contributed by atoms with Crippen molar-refractivity contribution in [1.82, 2.24) is 9.78 Å². The third-order valence-corrected chi connectivity index (χ3v) is 4.15. The summed E-state index contributed by atoms with van der Waals surface area (Å²) < 4.78 is 2.93. The van der Waals surface area contributed by atoms with Crippen LogP contribution in [-0.4, -0.2) is 15.6 Å². The number of carbonyl (C=O) groups is 1. The Morgan fingerprint density at radius 1 is 1.32 bits per heavy atom. The van der Waals surface area contributed by atoms with Gasteiger partial charge in [-0.25, -0.2) is 0 Å². The molecule has 0 bridgehead atoms. The van der Waals surface area contributed by atoms with E-state index in [-0.39, 0.29) is 5.78 Å². The van der Waals surface area contributed by atoms with Crippen molar-refractivity contribution in [3.63, 3.8) is 0 Å². The summed E-state index contributed by atoms with van der Waals surface area (Å²) in [5, 5.41) is 5.33. The predicted molar refractivity (Wildman–Crippen MR) is 77.8 cm³/mol. The third-order valence-electron chi connectivity index (χ3n) is 3.03. The molecule has 0 fully saturated rings. The zero-order valence-electron chi connectivity index (χ0n) is 10.7. The minimum Gasteiger partial charge on any atom is -0.286 e. The minimum atomic E-state index is 0.0622. The number of aromatic nitrogens is 2. The Morgan fingerprint density at radius 2 is 2.16 bits per heavy atom. The lowest BCUT2D eigenvalue weighted by Gasteiger charge is -2.03. The number of benzene rings is 1. The summed E-state index contributed by atoms with van der Waals surface area (Å²) in [6, 6.07) is 11.8. The molecule has 2 aromatic heterocycles. The van der Waals surface area contributed by atoms with Crippen molar-refractivity contribution < 1.29 is 4.79 Å². The molecule has 0 aliphatic carbocycles. The number of ketones is 1. The zero-order chi connectivity index (χ0) is 13.2. The average Bonchev–Trinajstić information content (AvgIpc) is 3.04. The molecule has 0 radical (unpaired) electrons. The van der Waals surface area contributed by atoms with Crippen molar-refractivity contribution in [2.24, 2.45) is 0 Å². The summed E-state index contributed by atoms with van der Waals surface area (Å²) in [5.41, 5.74) is 0.674. The molecule has 0 unspecified atom stereocenters. The summed E-state index contributed by atoms with van der Waals surface area (Å²) >= 11 is 1.54. The summed E-state index contributed by atoms with van der Waals surface area (Å²) in [6.07, 6.45) is 2.66.